The van der Waals surface area contributed by atoms with Crippen molar-refractivity contribution in [3.63, 3.8) is 0 Å². The highest BCUT2D eigenvalue weighted by Crippen LogP contribution is 1.90. The Labute approximate surface area is 43.0 Å². The van der Waals surface area contributed by atoms with Crippen molar-refractivity contribution in [1.29, 1.82) is 0 Å². The second-order valence-electron chi connectivity index (χ2n) is 1.89. The van der Waals surface area contributed by atoms with Crippen LogP contribution in [0.3, 0.4) is 0 Å². The lowest BCUT2D eigenvalue weighted by Crippen LogP contribution is -2.39. The third kappa shape index (κ3) is 5.88. The van der Waals surface area contributed by atoms with E-state index >= 15 is 0 Å². The first kappa shape index (κ1) is 6.88. The number of hydrogen-bond donors (Lipinski definition) is 3. The zero-order valence-corrected chi connectivity index (χ0v) is 4.60. The van der Waals surface area contributed by atoms with Gasteiger partial charge in [-0.2, -0.15) is 0 Å². The lowest BCUT2D eigenvalue weighted by atomic mass is 10.3. The van der Waals surface area contributed by atoms with E-state index in [0.29, 0.717) is 0 Å². The van der Waals surface area contributed by atoms with Crippen LogP contribution in [0.5, 0.6) is 0 Å². The van der Waals surface area contributed by atoms with E-state index in [2.05, 4.69) is 5.32 Å². The molecule has 0 aliphatic heterocycles. The van der Waals surface area contributed by atoms with Crippen molar-refractivity contribution >= 4 is 0 Å². The molecule has 0 heterocycles. The zero-order valence-electron chi connectivity index (χ0n) is 4.60. The van der Waals surface area contributed by atoms with Crippen LogP contribution in [0.1, 0.15) is 13.8 Å². The van der Waals surface area contributed by atoms with E-state index < -0.39 is 5.72 Å². The Morgan fingerprint density at radius 2 is 2.00 bits per heavy atom. The largest absolute Gasteiger partial charge is 0.381 e. The number of rotatable bonds is 2. The fourth-order valence-electron chi connectivity index (χ4n) is 0.193. The molecule has 7 heavy (non-hydrogen) atoms. The van der Waals surface area contributed by atoms with Crippen molar-refractivity contribution < 1.29 is 10.2 Å². The summed E-state index contributed by atoms with van der Waals surface area (Å²) in [6.45, 7) is 2.93. The van der Waals surface area contributed by atoms with Crippen LogP contribution in [0.2, 0.25) is 0 Å². The van der Waals surface area contributed by atoms with E-state index in [-0.39, 0.29) is 6.73 Å². The molecular weight excluding hydrogens is 94.0 g/mol. The molecule has 0 saturated heterocycles. The van der Waals surface area contributed by atoms with Crippen molar-refractivity contribution in [3.8, 4) is 0 Å². The Morgan fingerprint density at radius 3 is 2.00 bits per heavy atom. The van der Waals surface area contributed by atoms with Gasteiger partial charge in [0.05, 0.1) is 6.73 Å². The highest BCUT2D eigenvalue weighted by Gasteiger charge is 2.07. The average molecular weight is 105 g/mol. The Balaban J connectivity index is 3.15. The maximum atomic E-state index is 8.75. The first-order valence-corrected chi connectivity index (χ1v) is 2.14. The molecule has 44 valence electrons. The molecule has 0 aromatic rings. The first-order valence-electron chi connectivity index (χ1n) is 2.14. The molecule has 0 radical (unpaired) electrons. The van der Waals surface area contributed by atoms with Crippen LogP contribution in [-0.2, 0) is 0 Å². The maximum Gasteiger partial charge on any atom is 0.112 e. The van der Waals surface area contributed by atoms with Gasteiger partial charge >= 0.3 is 0 Å². The van der Waals surface area contributed by atoms with Crippen LogP contribution in [0.25, 0.3) is 0 Å². The van der Waals surface area contributed by atoms with Gasteiger partial charge in [-0.1, -0.05) is 0 Å². The van der Waals surface area contributed by atoms with Crippen molar-refractivity contribution in [1.82, 2.24) is 5.32 Å². The fourth-order valence-corrected chi connectivity index (χ4v) is 0.193. The highest BCUT2D eigenvalue weighted by atomic mass is 16.3. The molecule has 0 saturated carbocycles. The van der Waals surface area contributed by atoms with Gasteiger partial charge in [-0.3, -0.25) is 5.32 Å². The molecule has 0 amide bonds. The van der Waals surface area contributed by atoms with Gasteiger partial charge in [-0.15, -0.1) is 0 Å². The van der Waals surface area contributed by atoms with E-state index in [4.69, 9.17) is 10.2 Å². The zero-order chi connectivity index (χ0) is 5.91. The predicted octanol–water partition coefficient (Wildman–Crippen LogP) is -0.746. The highest BCUT2D eigenvalue weighted by molar-refractivity contribution is 4.56. The van der Waals surface area contributed by atoms with E-state index in [1.807, 2.05) is 0 Å². The van der Waals surface area contributed by atoms with Gasteiger partial charge in [-0.25, -0.2) is 0 Å². The summed E-state index contributed by atoms with van der Waals surface area (Å²) in [7, 11) is 0. The van der Waals surface area contributed by atoms with Gasteiger partial charge < -0.3 is 10.2 Å². The second-order valence-corrected chi connectivity index (χ2v) is 1.89. The average Bonchev–Trinajstić information content (AvgIpc) is 1.30. The van der Waals surface area contributed by atoms with Gasteiger partial charge in [0.2, 0.25) is 0 Å². The van der Waals surface area contributed by atoms with Gasteiger partial charge in [0, 0.05) is 0 Å². The standard InChI is InChI=1S/C4H11NO2/c1-4(2,7)5-3-6/h5-7H,3H2,1-2H3. The van der Waals surface area contributed by atoms with Crippen LogP contribution in [0.15, 0.2) is 0 Å². The fraction of sp³-hybridized carbons (Fsp3) is 1.00. The molecule has 0 fully saturated rings. The Hall–Kier alpha value is -0.120. The van der Waals surface area contributed by atoms with Crippen molar-refractivity contribution in [2.45, 2.75) is 19.6 Å². The van der Waals surface area contributed by atoms with Gasteiger partial charge in [-0.05, 0) is 13.8 Å². The minimum atomic E-state index is -0.950. The molecule has 0 aromatic carbocycles. The van der Waals surface area contributed by atoms with Crippen LogP contribution in [-0.4, -0.2) is 22.7 Å². The Kier molecular flexibility index (Phi) is 2.22. The normalized spacial score (nSPS) is 12.0. The summed E-state index contributed by atoms with van der Waals surface area (Å²) in [6, 6.07) is 0. The molecule has 3 heteroatoms. The van der Waals surface area contributed by atoms with Crippen LogP contribution in [0, 0.1) is 0 Å². The summed E-state index contributed by atoms with van der Waals surface area (Å²) in [5.74, 6) is 0. The molecule has 3 N–H and O–H groups in total. The molecular formula is C4H11NO2. The summed E-state index contributed by atoms with van der Waals surface area (Å²) in [6.07, 6.45) is 0. The molecule has 0 aromatic heterocycles. The number of nitrogens with one attached hydrogen (secondary N) is 1. The van der Waals surface area contributed by atoms with E-state index in [1.165, 1.54) is 0 Å². The van der Waals surface area contributed by atoms with E-state index in [1.54, 1.807) is 13.8 Å². The van der Waals surface area contributed by atoms with Crippen molar-refractivity contribution in [2.24, 2.45) is 0 Å². The minimum absolute atomic E-state index is 0.191. The molecule has 0 atom stereocenters. The van der Waals surface area contributed by atoms with Crippen molar-refractivity contribution in [3.05, 3.63) is 0 Å². The molecule has 0 spiro atoms. The molecule has 0 aliphatic carbocycles. The van der Waals surface area contributed by atoms with Gasteiger partial charge in [0.1, 0.15) is 5.72 Å². The second kappa shape index (κ2) is 2.26. The van der Waals surface area contributed by atoms with Crippen LogP contribution in [0.4, 0.5) is 0 Å². The molecule has 0 unspecified atom stereocenters. The Bertz CT molecular complexity index is 48.1. The third-order valence-electron chi connectivity index (χ3n) is 0.512. The molecule has 0 aliphatic rings. The monoisotopic (exact) mass is 105 g/mol. The van der Waals surface area contributed by atoms with E-state index in [0.717, 1.165) is 0 Å². The quantitative estimate of drug-likeness (QED) is 0.405. The summed E-state index contributed by atoms with van der Waals surface area (Å²) < 4.78 is 0. The topological polar surface area (TPSA) is 52.5 Å². The minimum Gasteiger partial charge on any atom is -0.381 e. The lowest BCUT2D eigenvalue weighted by Gasteiger charge is -2.16. The third-order valence-corrected chi connectivity index (χ3v) is 0.512. The summed E-state index contributed by atoms with van der Waals surface area (Å²) in [4.78, 5) is 0. The smallest absolute Gasteiger partial charge is 0.112 e. The summed E-state index contributed by atoms with van der Waals surface area (Å²) >= 11 is 0. The maximum absolute atomic E-state index is 8.75. The van der Waals surface area contributed by atoms with Crippen LogP contribution < -0.4 is 5.32 Å². The first-order chi connectivity index (χ1) is 3.06. The van der Waals surface area contributed by atoms with Gasteiger partial charge in [0.25, 0.3) is 0 Å². The lowest BCUT2D eigenvalue weighted by molar-refractivity contribution is 0.0180. The SMILES string of the molecule is CC(C)(O)NCO. The summed E-state index contributed by atoms with van der Waals surface area (Å²) in [5.41, 5.74) is -0.950. The predicted molar refractivity (Wildman–Crippen MR) is 26.5 cm³/mol. The number of aliphatic hydroxyl groups excluding tert-OH is 1. The molecule has 3 nitrogen and oxygen atoms in total. The number of aliphatic hydroxyl groups is 2. The van der Waals surface area contributed by atoms with Crippen LogP contribution >= 0.6 is 0 Å². The Morgan fingerprint density at radius 1 is 1.57 bits per heavy atom. The molecule has 0 rings (SSSR count). The number of hydrogen-bond acceptors (Lipinski definition) is 3. The van der Waals surface area contributed by atoms with E-state index in [9.17, 15) is 0 Å². The summed E-state index contributed by atoms with van der Waals surface area (Å²) in [5, 5.41) is 19.3. The van der Waals surface area contributed by atoms with Gasteiger partial charge in [0.15, 0.2) is 0 Å². The molecule has 0 bridgehead atoms. The van der Waals surface area contributed by atoms with Crippen molar-refractivity contribution in [2.75, 3.05) is 6.73 Å².